The quantitative estimate of drug-likeness (QED) is 0.425. The Morgan fingerprint density at radius 1 is 1.32 bits per heavy atom. The summed E-state index contributed by atoms with van der Waals surface area (Å²) in [5.41, 5.74) is 0. The first-order valence-electron chi connectivity index (χ1n) is 6.32. The van der Waals surface area contributed by atoms with E-state index in [0.717, 1.165) is 0 Å². The SMILES string of the molecule is CCOC(=O)[C@@H]1N[C@H]1C(=O)N[C@@H](CC(C)C)C(=O)O. The number of hydrogen-bond acceptors (Lipinski definition) is 5. The number of amides is 1. The molecule has 0 aromatic heterocycles. The van der Waals surface area contributed by atoms with Crippen LogP contribution in [0.4, 0.5) is 0 Å². The normalized spacial score (nSPS) is 22.7. The van der Waals surface area contributed by atoms with Gasteiger partial charge in [0.05, 0.1) is 6.61 Å². The van der Waals surface area contributed by atoms with Crippen LogP contribution in [0.1, 0.15) is 27.2 Å². The molecule has 0 spiro atoms. The molecule has 1 aliphatic rings. The topological polar surface area (TPSA) is 115 Å². The Morgan fingerprint density at radius 3 is 2.42 bits per heavy atom. The lowest BCUT2D eigenvalue weighted by atomic mass is 10.0. The van der Waals surface area contributed by atoms with Crippen LogP contribution in [0, 0.1) is 5.92 Å². The molecule has 1 fully saturated rings. The number of esters is 1. The zero-order valence-electron chi connectivity index (χ0n) is 11.3. The van der Waals surface area contributed by atoms with Crippen molar-refractivity contribution in [2.45, 2.75) is 45.3 Å². The average Bonchev–Trinajstić information content (AvgIpc) is 3.07. The smallest absolute Gasteiger partial charge is 0.326 e. The molecule has 19 heavy (non-hydrogen) atoms. The summed E-state index contributed by atoms with van der Waals surface area (Å²) in [6.07, 6.45) is 0.345. The predicted molar refractivity (Wildman–Crippen MR) is 66.4 cm³/mol. The van der Waals surface area contributed by atoms with E-state index in [1.807, 2.05) is 13.8 Å². The van der Waals surface area contributed by atoms with Crippen LogP contribution >= 0.6 is 0 Å². The van der Waals surface area contributed by atoms with Crippen LogP contribution < -0.4 is 10.6 Å². The van der Waals surface area contributed by atoms with Crippen molar-refractivity contribution >= 4 is 17.8 Å². The molecular weight excluding hydrogens is 252 g/mol. The molecular formula is C12H20N2O5. The summed E-state index contributed by atoms with van der Waals surface area (Å²) in [6.45, 7) is 5.67. The van der Waals surface area contributed by atoms with Gasteiger partial charge in [-0.1, -0.05) is 13.8 Å². The largest absolute Gasteiger partial charge is 0.480 e. The maximum Gasteiger partial charge on any atom is 0.326 e. The highest BCUT2D eigenvalue weighted by atomic mass is 16.5. The number of carbonyl (C=O) groups excluding carboxylic acids is 2. The van der Waals surface area contributed by atoms with E-state index >= 15 is 0 Å². The predicted octanol–water partition coefficient (Wildman–Crippen LogP) is -0.495. The van der Waals surface area contributed by atoms with Crippen LogP contribution in [-0.2, 0) is 19.1 Å². The number of carboxylic acids is 1. The highest BCUT2D eigenvalue weighted by Gasteiger charge is 2.49. The number of aliphatic carboxylic acids is 1. The van der Waals surface area contributed by atoms with Crippen LogP contribution in [0.5, 0.6) is 0 Å². The second kappa shape index (κ2) is 6.51. The van der Waals surface area contributed by atoms with Gasteiger partial charge in [-0.15, -0.1) is 0 Å². The van der Waals surface area contributed by atoms with Crippen LogP contribution in [-0.4, -0.2) is 47.7 Å². The molecule has 1 saturated heterocycles. The fourth-order valence-corrected chi connectivity index (χ4v) is 1.76. The van der Waals surface area contributed by atoms with E-state index in [-0.39, 0.29) is 12.5 Å². The summed E-state index contributed by atoms with van der Waals surface area (Å²) in [6, 6.07) is -2.28. The summed E-state index contributed by atoms with van der Waals surface area (Å²) in [4.78, 5) is 34.1. The standard InChI is InChI=1S/C12H20N2O5/c1-4-19-12(18)9-8(14-9)10(15)13-7(11(16)17)5-6(2)3/h6-9,14H,4-5H2,1-3H3,(H,13,15)(H,16,17)/t7-,8+,9+/m0/s1. The Kier molecular flexibility index (Phi) is 5.29. The van der Waals surface area contributed by atoms with Gasteiger partial charge in [-0.05, 0) is 19.3 Å². The maximum atomic E-state index is 11.8. The number of carbonyl (C=O) groups is 3. The molecule has 108 valence electrons. The van der Waals surface area contributed by atoms with Crippen LogP contribution in [0.25, 0.3) is 0 Å². The van der Waals surface area contributed by atoms with Crippen LogP contribution in [0.15, 0.2) is 0 Å². The van der Waals surface area contributed by atoms with Crippen molar-refractivity contribution in [2.24, 2.45) is 5.92 Å². The first-order chi connectivity index (χ1) is 8.86. The number of hydrogen-bond donors (Lipinski definition) is 3. The monoisotopic (exact) mass is 272 g/mol. The van der Waals surface area contributed by atoms with E-state index in [2.05, 4.69) is 10.6 Å². The summed E-state index contributed by atoms with van der Waals surface area (Å²) >= 11 is 0. The Balaban J connectivity index is 2.47. The van der Waals surface area contributed by atoms with Gasteiger partial charge in [0.1, 0.15) is 18.1 Å². The third-order valence-corrected chi connectivity index (χ3v) is 2.73. The molecule has 7 heteroatoms. The Hall–Kier alpha value is -1.63. The first-order valence-corrected chi connectivity index (χ1v) is 6.32. The Labute approximate surface area is 111 Å². The Bertz CT molecular complexity index is 369. The molecule has 1 heterocycles. The summed E-state index contributed by atoms with van der Waals surface area (Å²) < 4.78 is 4.77. The first kappa shape index (κ1) is 15.4. The molecule has 0 aromatic carbocycles. The van der Waals surface area contributed by atoms with Crippen LogP contribution in [0.3, 0.4) is 0 Å². The van der Waals surface area contributed by atoms with E-state index < -0.39 is 36.0 Å². The molecule has 0 aromatic rings. The second-order valence-corrected chi connectivity index (χ2v) is 4.90. The van der Waals surface area contributed by atoms with Gasteiger partial charge < -0.3 is 15.2 Å². The third kappa shape index (κ3) is 4.51. The van der Waals surface area contributed by atoms with E-state index in [1.165, 1.54) is 0 Å². The molecule has 1 amide bonds. The molecule has 0 radical (unpaired) electrons. The highest BCUT2D eigenvalue weighted by Crippen LogP contribution is 2.14. The van der Waals surface area contributed by atoms with Gasteiger partial charge in [0.2, 0.25) is 5.91 Å². The second-order valence-electron chi connectivity index (χ2n) is 4.90. The van der Waals surface area contributed by atoms with E-state index in [9.17, 15) is 14.4 Å². The van der Waals surface area contributed by atoms with Gasteiger partial charge in [-0.25, -0.2) is 4.79 Å². The molecule has 1 aliphatic heterocycles. The molecule has 3 atom stereocenters. The number of ether oxygens (including phenoxy) is 1. The lowest BCUT2D eigenvalue weighted by molar-refractivity contribution is -0.143. The van der Waals surface area contributed by atoms with Crippen molar-refractivity contribution in [1.82, 2.24) is 10.6 Å². The molecule has 1 rings (SSSR count). The van der Waals surface area contributed by atoms with Crippen molar-refractivity contribution in [3.8, 4) is 0 Å². The molecule has 3 N–H and O–H groups in total. The number of carboxylic acid groups (broad SMARTS) is 1. The molecule has 0 bridgehead atoms. The van der Waals surface area contributed by atoms with E-state index in [0.29, 0.717) is 6.42 Å². The summed E-state index contributed by atoms with van der Waals surface area (Å²) in [7, 11) is 0. The minimum atomic E-state index is -1.07. The lowest BCUT2D eigenvalue weighted by Gasteiger charge is -2.15. The highest BCUT2D eigenvalue weighted by molar-refractivity contribution is 5.96. The van der Waals surface area contributed by atoms with E-state index in [4.69, 9.17) is 9.84 Å². The third-order valence-electron chi connectivity index (χ3n) is 2.73. The maximum absolute atomic E-state index is 11.8. The minimum Gasteiger partial charge on any atom is -0.480 e. The molecule has 7 nitrogen and oxygen atoms in total. The molecule has 0 unspecified atom stereocenters. The fraction of sp³-hybridized carbons (Fsp3) is 0.750. The number of rotatable bonds is 7. The summed E-state index contributed by atoms with van der Waals surface area (Å²) in [5, 5.41) is 14.1. The van der Waals surface area contributed by atoms with Crippen LogP contribution in [0.2, 0.25) is 0 Å². The van der Waals surface area contributed by atoms with Crippen molar-refractivity contribution in [2.75, 3.05) is 6.61 Å². The average molecular weight is 272 g/mol. The van der Waals surface area contributed by atoms with Gasteiger partial charge in [0.25, 0.3) is 0 Å². The Morgan fingerprint density at radius 2 is 1.95 bits per heavy atom. The van der Waals surface area contributed by atoms with Crippen molar-refractivity contribution in [3.05, 3.63) is 0 Å². The van der Waals surface area contributed by atoms with Gasteiger partial charge in [0, 0.05) is 0 Å². The molecule has 0 aliphatic carbocycles. The zero-order chi connectivity index (χ0) is 14.6. The van der Waals surface area contributed by atoms with Crippen molar-refractivity contribution in [1.29, 1.82) is 0 Å². The van der Waals surface area contributed by atoms with Gasteiger partial charge >= 0.3 is 11.9 Å². The van der Waals surface area contributed by atoms with Crippen molar-refractivity contribution in [3.63, 3.8) is 0 Å². The fourth-order valence-electron chi connectivity index (χ4n) is 1.76. The van der Waals surface area contributed by atoms with Crippen molar-refractivity contribution < 1.29 is 24.2 Å². The minimum absolute atomic E-state index is 0.148. The van der Waals surface area contributed by atoms with Gasteiger partial charge in [-0.2, -0.15) is 0 Å². The summed E-state index contributed by atoms with van der Waals surface area (Å²) in [5.74, 6) is -1.89. The number of nitrogens with one attached hydrogen (secondary N) is 2. The van der Waals surface area contributed by atoms with Gasteiger partial charge in [0.15, 0.2) is 0 Å². The van der Waals surface area contributed by atoms with E-state index in [1.54, 1.807) is 6.92 Å². The lowest BCUT2D eigenvalue weighted by Crippen LogP contribution is -2.44. The van der Waals surface area contributed by atoms with Gasteiger partial charge in [-0.3, -0.25) is 14.9 Å². The molecule has 0 saturated carbocycles. The zero-order valence-corrected chi connectivity index (χ0v) is 11.3.